The molecule has 0 aliphatic carbocycles. The Morgan fingerprint density at radius 2 is 1.80 bits per heavy atom. The van der Waals surface area contributed by atoms with E-state index in [1.807, 2.05) is 0 Å². The topological polar surface area (TPSA) is 41.1 Å². The van der Waals surface area contributed by atoms with Gasteiger partial charge in [-0.2, -0.15) is 0 Å². The van der Waals surface area contributed by atoms with Crippen molar-refractivity contribution in [3.05, 3.63) is 34.4 Å². The van der Waals surface area contributed by atoms with Crippen LogP contribution in [0.1, 0.15) is 28.3 Å². The number of carbonyl (C=O) groups excluding carboxylic acids is 1. The minimum atomic E-state index is -0.0700. The number of aryl methyl sites for hydroxylation is 3. The molecule has 1 saturated heterocycles. The highest BCUT2D eigenvalue weighted by Gasteiger charge is 2.24. The van der Waals surface area contributed by atoms with Gasteiger partial charge in [-0.15, -0.1) is 0 Å². The summed E-state index contributed by atoms with van der Waals surface area (Å²) in [4.78, 5) is 11.1. The second-order valence-corrected chi connectivity index (χ2v) is 4.22. The van der Waals surface area contributed by atoms with Crippen LogP contribution < -0.4 is 10.6 Å². The lowest BCUT2D eigenvalue weighted by atomic mass is 9.94. The Labute approximate surface area is 89.9 Å². The molecule has 2 rings (SSSR count). The van der Waals surface area contributed by atoms with Crippen molar-refractivity contribution in [3.8, 4) is 0 Å². The predicted molar refractivity (Wildman–Crippen MR) is 59.9 cm³/mol. The van der Waals surface area contributed by atoms with Crippen molar-refractivity contribution in [3.63, 3.8) is 0 Å². The Morgan fingerprint density at radius 3 is 2.27 bits per heavy atom. The molecule has 0 aromatic heterocycles. The van der Waals surface area contributed by atoms with Gasteiger partial charge in [-0.1, -0.05) is 17.7 Å². The summed E-state index contributed by atoms with van der Waals surface area (Å²) >= 11 is 0. The Balaban J connectivity index is 2.39. The molecule has 0 bridgehead atoms. The third-order valence-electron chi connectivity index (χ3n) is 2.86. The molecule has 3 nitrogen and oxygen atoms in total. The maximum atomic E-state index is 11.1. The normalized spacial score (nSPS) is 19.9. The molecule has 2 N–H and O–H groups in total. The van der Waals surface area contributed by atoms with Gasteiger partial charge in [-0.05, 0) is 37.5 Å². The van der Waals surface area contributed by atoms with E-state index in [0.29, 0.717) is 6.54 Å². The fraction of sp³-hybridized carbons (Fsp3) is 0.417. The molecular weight excluding hydrogens is 188 g/mol. The highest BCUT2D eigenvalue weighted by atomic mass is 16.2. The zero-order chi connectivity index (χ0) is 11.0. The first-order valence-corrected chi connectivity index (χ1v) is 5.20. The number of nitrogens with one attached hydrogen (secondary N) is 2. The zero-order valence-electron chi connectivity index (χ0n) is 9.35. The van der Waals surface area contributed by atoms with Crippen molar-refractivity contribution < 1.29 is 4.79 Å². The molecule has 80 valence electrons. The van der Waals surface area contributed by atoms with Crippen LogP contribution >= 0.6 is 0 Å². The van der Waals surface area contributed by atoms with E-state index < -0.39 is 0 Å². The second kappa shape index (κ2) is 3.57. The smallest absolute Gasteiger partial charge is 0.315 e. The van der Waals surface area contributed by atoms with Crippen LogP contribution in [0.2, 0.25) is 0 Å². The molecule has 1 aromatic carbocycles. The van der Waals surface area contributed by atoms with Crippen LogP contribution in [0.25, 0.3) is 0 Å². The van der Waals surface area contributed by atoms with Gasteiger partial charge in [-0.3, -0.25) is 0 Å². The van der Waals surface area contributed by atoms with Crippen molar-refractivity contribution in [1.82, 2.24) is 10.6 Å². The number of hydrogen-bond donors (Lipinski definition) is 2. The van der Waals surface area contributed by atoms with E-state index in [0.717, 1.165) is 0 Å². The molecular formula is C12H16N2O. The molecule has 1 aliphatic heterocycles. The van der Waals surface area contributed by atoms with Gasteiger partial charge in [0, 0.05) is 6.54 Å². The molecule has 2 amide bonds. The van der Waals surface area contributed by atoms with Gasteiger partial charge in [-0.25, -0.2) is 4.79 Å². The van der Waals surface area contributed by atoms with Crippen molar-refractivity contribution in [2.24, 2.45) is 0 Å². The van der Waals surface area contributed by atoms with E-state index in [1.165, 1.54) is 22.3 Å². The Hall–Kier alpha value is -1.51. The van der Waals surface area contributed by atoms with Gasteiger partial charge >= 0.3 is 6.03 Å². The van der Waals surface area contributed by atoms with Crippen LogP contribution in [0.15, 0.2) is 12.1 Å². The summed E-state index contributed by atoms with van der Waals surface area (Å²) in [5.74, 6) is 0. The maximum Gasteiger partial charge on any atom is 0.315 e. The van der Waals surface area contributed by atoms with E-state index >= 15 is 0 Å². The summed E-state index contributed by atoms with van der Waals surface area (Å²) in [7, 11) is 0. The molecule has 1 aliphatic rings. The molecule has 3 heteroatoms. The zero-order valence-corrected chi connectivity index (χ0v) is 9.35. The van der Waals surface area contributed by atoms with Gasteiger partial charge in [0.1, 0.15) is 0 Å². The average molecular weight is 204 g/mol. The standard InChI is InChI=1S/C12H16N2O/c1-7-4-8(2)11(9(3)5-7)10-6-13-12(15)14-10/h4-5,10H,6H2,1-3H3,(H2,13,14,15)/t10-/m1/s1. The fourth-order valence-corrected chi connectivity index (χ4v) is 2.37. The lowest BCUT2D eigenvalue weighted by Crippen LogP contribution is -2.22. The fourth-order valence-electron chi connectivity index (χ4n) is 2.37. The SMILES string of the molecule is Cc1cc(C)c([C@H]2CNC(=O)N2)c(C)c1. The molecule has 0 radical (unpaired) electrons. The third-order valence-corrected chi connectivity index (χ3v) is 2.86. The molecule has 0 saturated carbocycles. The van der Waals surface area contributed by atoms with Crippen LogP contribution in [0.3, 0.4) is 0 Å². The Bertz CT molecular complexity index is 389. The quantitative estimate of drug-likeness (QED) is 0.721. The summed E-state index contributed by atoms with van der Waals surface area (Å²) in [6.45, 7) is 6.97. The van der Waals surface area contributed by atoms with Gasteiger partial charge in [0.25, 0.3) is 0 Å². The van der Waals surface area contributed by atoms with E-state index in [4.69, 9.17) is 0 Å². The molecule has 0 unspecified atom stereocenters. The van der Waals surface area contributed by atoms with Gasteiger partial charge in [0.15, 0.2) is 0 Å². The number of carbonyl (C=O) groups is 1. The van der Waals surface area contributed by atoms with Gasteiger partial charge < -0.3 is 10.6 Å². The van der Waals surface area contributed by atoms with Crippen molar-refractivity contribution in [2.75, 3.05) is 6.54 Å². The summed E-state index contributed by atoms with van der Waals surface area (Å²) in [5.41, 5.74) is 5.02. The maximum absolute atomic E-state index is 11.1. The number of rotatable bonds is 1. The number of hydrogen-bond acceptors (Lipinski definition) is 1. The van der Waals surface area contributed by atoms with E-state index in [9.17, 15) is 4.79 Å². The number of amides is 2. The second-order valence-electron chi connectivity index (χ2n) is 4.22. The highest BCUT2D eigenvalue weighted by molar-refractivity contribution is 5.77. The summed E-state index contributed by atoms with van der Waals surface area (Å²) < 4.78 is 0. The van der Waals surface area contributed by atoms with Crippen LogP contribution in [-0.4, -0.2) is 12.6 Å². The predicted octanol–water partition coefficient (Wildman–Crippen LogP) is 1.97. The van der Waals surface area contributed by atoms with E-state index in [2.05, 4.69) is 43.5 Å². The molecule has 1 fully saturated rings. The van der Waals surface area contributed by atoms with Crippen molar-refractivity contribution in [2.45, 2.75) is 26.8 Å². The first-order valence-electron chi connectivity index (χ1n) is 5.20. The first-order chi connectivity index (χ1) is 7.08. The van der Waals surface area contributed by atoms with Crippen LogP contribution in [-0.2, 0) is 0 Å². The van der Waals surface area contributed by atoms with Crippen molar-refractivity contribution >= 4 is 6.03 Å². The minimum absolute atomic E-state index is 0.0700. The monoisotopic (exact) mass is 204 g/mol. The van der Waals surface area contributed by atoms with Crippen LogP contribution in [0, 0.1) is 20.8 Å². The van der Waals surface area contributed by atoms with Crippen LogP contribution in [0.4, 0.5) is 4.79 Å². The summed E-state index contributed by atoms with van der Waals surface area (Å²) in [6.07, 6.45) is 0. The van der Waals surface area contributed by atoms with Crippen molar-refractivity contribution in [1.29, 1.82) is 0 Å². The minimum Gasteiger partial charge on any atom is -0.336 e. The summed E-state index contributed by atoms with van der Waals surface area (Å²) in [5, 5.41) is 5.71. The Kier molecular flexibility index (Phi) is 2.39. The third kappa shape index (κ3) is 1.82. The number of benzene rings is 1. The molecule has 0 spiro atoms. The molecule has 15 heavy (non-hydrogen) atoms. The van der Waals surface area contributed by atoms with Crippen LogP contribution in [0.5, 0.6) is 0 Å². The highest BCUT2D eigenvalue weighted by Crippen LogP contribution is 2.24. The van der Waals surface area contributed by atoms with Gasteiger partial charge in [0.05, 0.1) is 6.04 Å². The lowest BCUT2D eigenvalue weighted by molar-refractivity contribution is 0.247. The lowest BCUT2D eigenvalue weighted by Gasteiger charge is -2.16. The summed E-state index contributed by atoms with van der Waals surface area (Å²) in [6, 6.07) is 4.37. The Morgan fingerprint density at radius 1 is 1.20 bits per heavy atom. The van der Waals surface area contributed by atoms with E-state index in [-0.39, 0.29) is 12.1 Å². The average Bonchev–Trinajstić information content (AvgIpc) is 2.49. The molecule has 1 heterocycles. The van der Waals surface area contributed by atoms with Gasteiger partial charge in [0.2, 0.25) is 0 Å². The molecule has 1 aromatic rings. The number of urea groups is 1. The largest absolute Gasteiger partial charge is 0.336 e. The first kappa shape index (κ1) is 10.0. The molecule has 1 atom stereocenters. The van der Waals surface area contributed by atoms with E-state index in [1.54, 1.807) is 0 Å².